The molecule has 6 nitrogen and oxygen atoms in total. The molecule has 1 heterocycles. The molecule has 2 aromatic carbocycles. The molecule has 1 saturated heterocycles. The summed E-state index contributed by atoms with van der Waals surface area (Å²) in [6, 6.07) is 18.1. The van der Waals surface area contributed by atoms with E-state index in [1.807, 2.05) is 66.4 Å². The van der Waals surface area contributed by atoms with E-state index in [1.165, 1.54) is 0 Å². The second kappa shape index (κ2) is 13.1. The fourth-order valence-corrected chi connectivity index (χ4v) is 3.22. The molecule has 0 saturated carbocycles. The summed E-state index contributed by atoms with van der Waals surface area (Å²) in [4.78, 5) is 18.7. The summed E-state index contributed by atoms with van der Waals surface area (Å²) in [5, 5.41) is 6.34. The lowest BCUT2D eigenvalue weighted by Crippen LogP contribution is -2.44. The van der Waals surface area contributed by atoms with E-state index in [9.17, 15) is 4.79 Å². The number of ether oxygens (including phenoxy) is 1. The van der Waals surface area contributed by atoms with E-state index in [0.29, 0.717) is 19.1 Å². The second-order valence-corrected chi connectivity index (χ2v) is 7.06. The quantitative estimate of drug-likeness (QED) is 0.316. The number of aliphatic imine (C=N–C) groups is 1. The highest BCUT2D eigenvalue weighted by Gasteiger charge is 2.17. The van der Waals surface area contributed by atoms with Gasteiger partial charge in [0.05, 0.1) is 13.1 Å². The van der Waals surface area contributed by atoms with Gasteiger partial charge < -0.3 is 20.3 Å². The van der Waals surface area contributed by atoms with Gasteiger partial charge in [0, 0.05) is 19.6 Å². The number of rotatable bonds is 8. The topological polar surface area (TPSA) is 66.0 Å². The smallest absolute Gasteiger partial charge is 0.241 e. The summed E-state index contributed by atoms with van der Waals surface area (Å²) >= 11 is 0. The number of halogens is 1. The number of amides is 1. The summed E-state index contributed by atoms with van der Waals surface area (Å²) in [7, 11) is 0. The number of likely N-dealkylation sites (tertiary alicyclic amines) is 1. The van der Waals surface area contributed by atoms with Crippen LogP contribution in [0.1, 0.15) is 30.9 Å². The van der Waals surface area contributed by atoms with Gasteiger partial charge in [0.25, 0.3) is 0 Å². The minimum absolute atomic E-state index is 0. The Bertz CT molecular complexity index is 808. The molecule has 1 fully saturated rings. The molecule has 0 unspecified atom stereocenters. The van der Waals surface area contributed by atoms with Gasteiger partial charge in [-0.1, -0.05) is 42.5 Å². The second-order valence-electron chi connectivity index (χ2n) is 7.06. The Morgan fingerprint density at radius 1 is 1.03 bits per heavy atom. The molecule has 1 aliphatic heterocycles. The number of carbonyl (C=O) groups is 1. The van der Waals surface area contributed by atoms with E-state index < -0.39 is 0 Å². The van der Waals surface area contributed by atoms with Gasteiger partial charge in [0.15, 0.2) is 5.96 Å². The first kappa shape index (κ1) is 24.0. The number of nitrogens with one attached hydrogen (secondary N) is 2. The largest absolute Gasteiger partial charge is 0.489 e. The molecule has 0 radical (unpaired) electrons. The number of carbonyl (C=O) groups excluding carboxylic acids is 1. The van der Waals surface area contributed by atoms with Crippen molar-refractivity contribution in [3.05, 3.63) is 65.7 Å². The Kier molecular flexibility index (Phi) is 10.5. The lowest BCUT2D eigenvalue weighted by molar-refractivity contribution is -0.128. The van der Waals surface area contributed by atoms with Crippen molar-refractivity contribution in [2.24, 2.45) is 4.99 Å². The highest BCUT2D eigenvalue weighted by Crippen LogP contribution is 2.16. The summed E-state index contributed by atoms with van der Waals surface area (Å²) in [5.41, 5.74) is 2.19. The van der Waals surface area contributed by atoms with E-state index in [0.717, 1.165) is 49.4 Å². The van der Waals surface area contributed by atoms with E-state index in [-0.39, 0.29) is 36.4 Å². The van der Waals surface area contributed by atoms with Crippen LogP contribution in [-0.4, -0.2) is 42.9 Å². The van der Waals surface area contributed by atoms with E-state index >= 15 is 0 Å². The predicted octanol–water partition coefficient (Wildman–Crippen LogP) is 3.56. The summed E-state index contributed by atoms with van der Waals surface area (Å²) in [6.07, 6.45) is 2.20. The molecular weight excluding hydrogens is 491 g/mol. The maximum Gasteiger partial charge on any atom is 0.241 e. The molecule has 1 amide bonds. The third-order valence-corrected chi connectivity index (χ3v) is 4.78. The zero-order chi connectivity index (χ0) is 20.3. The lowest BCUT2D eigenvalue weighted by atomic mass is 10.2. The van der Waals surface area contributed by atoms with Crippen molar-refractivity contribution in [2.45, 2.75) is 32.9 Å². The molecule has 1 aliphatic rings. The average molecular weight is 522 g/mol. The van der Waals surface area contributed by atoms with Gasteiger partial charge in [-0.15, -0.1) is 24.0 Å². The molecule has 0 aliphatic carbocycles. The lowest BCUT2D eigenvalue weighted by Gasteiger charge is -2.17. The summed E-state index contributed by atoms with van der Waals surface area (Å²) in [6.45, 7) is 5.80. The number of nitrogens with zero attached hydrogens (tertiary/aromatic N) is 2. The van der Waals surface area contributed by atoms with Crippen LogP contribution in [-0.2, 0) is 17.9 Å². The van der Waals surface area contributed by atoms with Crippen molar-refractivity contribution in [2.75, 3.05) is 26.2 Å². The Morgan fingerprint density at radius 2 is 1.77 bits per heavy atom. The SMILES string of the molecule is CCNC(=NCc1cccc(OCc2ccccc2)c1)NCC(=O)N1CCCC1.I. The van der Waals surface area contributed by atoms with E-state index in [4.69, 9.17) is 4.74 Å². The van der Waals surface area contributed by atoms with Crippen molar-refractivity contribution in [1.29, 1.82) is 0 Å². The van der Waals surface area contributed by atoms with Crippen LogP contribution in [0.3, 0.4) is 0 Å². The average Bonchev–Trinajstić information content (AvgIpc) is 3.30. The third-order valence-electron chi connectivity index (χ3n) is 4.78. The van der Waals surface area contributed by atoms with E-state index in [1.54, 1.807) is 0 Å². The zero-order valence-corrected chi connectivity index (χ0v) is 19.8. The molecule has 2 aromatic rings. The minimum atomic E-state index is 0. The van der Waals surface area contributed by atoms with Crippen LogP contribution >= 0.6 is 24.0 Å². The van der Waals surface area contributed by atoms with E-state index in [2.05, 4.69) is 15.6 Å². The van der Waals surface area contributed by atoms with Gasteiger partial charge in [-0.25, -0.2) is 4.99 Å². The Labute approximate surface area is 196 Å². The van der Waals surface area contributed by atoms with Gasteiger partial charge in [0.2, 0.25) is 5.91 Å². The number of hydrogen-bond donors (Lipinski definition) is 2. The first-order chi connectivity index (χ1) is 14.2. The van der Waals surface area contributed by atoms with Crippen LogP contribution in [0, 0.1) is 0 Å². The summed E-state index contributed by atoms with van der Waals surface area (Å²) in [5.74, 6) is 1.60. The molecule has 3 rings (SSSR count). The first-order valence-corrected chi connectivity index (χ1v) is 10.3. The number of benzene rings is 2. The molecule has 2 N–H and O–H groups in total. The van der Waals surface area contributed by atoms with Crippen LogP contribution in [0.4, 0.5) is 0 Å². The normalized spacial score (nSPS) is 13.5. The maximum atomic E-state index is 12.2. The van der Waals surface area contributed by atoms with Crippen molar-refractivity contribution < 1.29 is 9.53 Å². The van der Waals surface area contributed by atoms with Crippen molar-refractivity contribution in [3.63, 3.8) is 0 Å². The van der Waals surface area contributed by atoms with Crippen molar-refractivity contribution in [3.8, 4) is 5.75 Å². The molecule has 162 valence electrons. The Balaban J connectivity index is 0.00000320. The van der Waals surface area contributed by atoms with Crippen LogP contribution in [0.2, 0.25) is 0 Å². The van der Waals surface area contributed by atoms with Crippen LogP contribution in [0.5, 0.6) is 5.75 Å². The van der Waals surface area contributed by atoms with Gasteiger partial charge in [-0.05, 0) is 43.0 Å². The molecule has 0 aromatic heterocycles. The molecule has 7 heteroatoms. The van der Waals surface area contributed by atoms with Gasteiger partial charge in [-0.2, -0.15) is 0 Å². The Morgan fingerprint density at radius 3 is 2.50 bits per heavy atom. The molecule has 0 bridgehead atoms. The molecule has 30 heavy (non-hydrogen) atoms. The highest BCUT2D eigenvalue weighted by molar-refractivity contribution is 14.0. The van der Waals surface area contributed by atoms with Crippen molar-refractivity contribution in [1.82, 2.24) is 15.5 Å². The Hall–Kier alpha value is -2.29. The van der Waals surface area contributed by atoms with Gasteiger partial charge in [0.1, 0.15) is 12.4 Å². The van der Waals surface area contributed by atoms with Crippen LogP contribution < -0.4 is 15.4 Å². The minimum Gasteiger partial charge on any atom is -0.489 e. The maximum absolute atomic E-state index is 12.2. The number of hydrogen-bond acceptors (Lipinski definition) is 3. The molecule has 0 atom stereocenters. The predicted molar refractivity (Wildman–Crippen MR) is 131 cm³/mol. The fourth-order valence-electron chi connectivity index (χ4n) is 3.22. The van der Waals surface area contributed by atoms with Crippen molar-refractivity contribution >= 4 is 35.8 Å². The zero-order valence-electron chi connectivity index (χ0n) is 17.5. The highest BCUT2D eigenvalue weighted by atomic mass is 127. The standard InChI is InChI=1S/C23H30N4O2.HI/c1-2-24-23(26-17-22(28)27-13-6-7-14-27)25-16-20-11-8-12-21(15-20)29-18-19-9-4-3-5-10-19;/h3-5,8-12,15H,2,6-7,13-14,16-18H2,1H3,(H2,24,25,26);1H. The van der Waals surface area contributed by atoms with Crippen LogP contribution in [0.15, 0.2) is 59.6 Å². The number of guanidine groups is 1. The van der Waals surface area contributed by atoms with Gasteiger partial charge >= 0.3 is 0 Å². The van der Waals surface area contributed by atoms with Gasteiger partial charge in [-0.3, -0.25) is 4.79 Å². The third kappa shape index (κ3) is 7.85. The fraction of sp³-hybridized carbons (Fsp3) is 0.391. The summed E-state index contributed by atoms with van der Waals surface area (Å²) < 4.78 is 5.89. The molecule has 0 spiro atoms. The monoisotopic (exact) mass is 522 g/mol. The first-order valence-electron chi connectivity index (χ1n) is 10.3. The van der Waals surface area contributed by atoms with Crippen LogP contribution in [0.25, 0.3) is 0 Å². The molecular formula is C23H31IN4O2.